The van der Waals surface area contributed by atoms with Crippen LogP contribution < -0.4 is 4.74 Å². The zero-order valence-corrected chi connectivity index (χ0v) is 22.9. The Morgan fingerprint density at radius 3 is 2.50 bits per heavy atom. The second-order valence-corrected chi connectivity index (χ2v) is 11.6. The zero-order chi connectivity index (χ0) is 25.9. The molecule has 1 aliphatic rings. The fourth-order valence-corrected chi connectivity index (χ4v) is 6.82. The normalized spacial score (nSPS) is 18.8. The molecule has 8 nitrogen and oxygen atoms in total. The van der Waals surface area contributed by atoms with E-state index in [1.165, 1.54) is 12.4 Å². The summed E-state index contributed by atoms with van der Waals surface area (Å²) in [5.74, 6) is -1.50. The first-order chi connectivity index (χ1) is 17.3. The molecule has 0 amide bonds. The predicted octanol–water partition coefficient (Wildman–Crippen LogP) is 7.11. The van der Waals surface area contributed by atoms with Gasteiger partial charge in [0.05, 0.1) is 0 Å². The van der Waals surface area contributed by atoms with Crippen molar-refractivity contribution < 1.29 is 27.8 Å². The summed E-state index contributed by atoms with van der Waals surface area (Å²) < 4.78 is 40.6. The van der Waals surface area contributed by atoms with Gasteiger partial charge in [-0.25, -0.2) is 0 Å². The third-order valence-electron chi connectivity index (χ3n) is 6.01. The molecular weight excluding hydrogens is 531 g/mol. The van der Waals surface area contributed by atoms with Crippen molar-refractivity contribution in [2.24, 2.45) is 0 Å². The average molecular weight is 562 g/mol. The van der Waals surface area contributed by atoms with Gasteiger partial charge in [-0.05, 0) is 0 Å². The molecule has 3 aromatic rings. The van der Waals surface area contributed by atoms with Crippen LogP contribution in [-0.2, 0) is 13.8 Å². The van der Waals surface area contributed by atoms with Gasteiger partial charge in [-0.3, -0.25) is 0 Å². The Labute approximate surface area is 220 Å². The molecule has 0 aliphatic carbocycles. The minimum absolute atomic E-state index is 0.0216. The van der Waals surface area contributed by atoms with Crippen molar-refractivity contribution in [1.82, 2.24) is 14.8 Å². The Kier molecular flexibility index (Phi) is 9.05. The number of aromatic nitrogens is 3. The summed E-state index contributed by atoms with van der Waals surface area (Å²) in [5.41, 5.74) is 1.27. The van der Waals surface area contributed by atoms with E-state index in [9.17, 15) is 4.89 Å². The first-order valence-electron chi connectivity index (χ1n) is 12.0. The van der Waals surface area contributed by atoms with Gasteiger partial charge in [0.1, 0.15) is 0 Å². The number of ether oxygens (including phenoxy) is 2. The maximum absolute atomic E-state index is 16.0. The standard InChI is InChI=1S/C24H31Cl2FN3O5P/c1-4-33-36(31,34-5-2)24(27)23-17-12-16(35-15(3)22-18(25)13-28-14-19(22)26)9-10-20(17)30(29-23)21-8-6-7-11-32-21/h9-10,12-15,21,24,31,36H,4-8,11H2,1-3H3. The molecule has 1 fully saturated rings. The van der Waals surface area contributed by atoms with Crippen molar-refractivity contribution in [3.8, 4) is 5.75 Å². The van der Waals surface area contributed by atoms with Gasteiger partial charge in [0.2, 0.25) is 0 Å². The van der Waals surface area contributed by atoms with E-state index in [1.54, 1.807) is 36.7 Å². The Morgan fingerprint density at radius 2 is 1.89 bits per heavy atom. The van der Waals surface area contributed by atoms with Crippen LogP contribution in [0.25, 0.3) is 10.9 Å². The minimum atomic E-state index is -4.23. The van der Waals surface area contributed by atoms with E-state index in [0.29, 0.717) is 38.9 Å². The van der Waals surface area contributed by atoms with Crippen molar-refractivity contribution in [1.29, 1.82) is 0 Å². The number of hydrogen-bond donors (Lipinski definition) is 1. The molecule has 3 atom stereocenters. The van der Waals surface area contributed by atoms with Gasteiger partial charge in [-0.2, -0.15) is 0 Å². The maximum atomic E-state index is 16.0. The van der Waals surface area contributed by atoms with Crippen molar-refractivity contribution in [2.45, 2.75) is 58.3 Å². The monoisotopic (exact) mass is 561 g/mol. The summed E-state index contributed by atoms with van der Waals surface area (Å²) in [5, 5.41) is 5.81. The SMILES string of the molecule is CCO[PH](O)(OCC)C(F)c1nn(C2CCCCO2)c2ccc(OC(C)c3c(Cl)cncc3Cl)cc12. The third-order valence-corrected chi connectivity index (χ3v) is 8.93. The Hall–Kier alpha value is -1.58. The number of fused-ring (bicyclic) bond motifs is 1. The van der Waals surface area contributed by atoms with E-state index >= 15 is 4.39 Å². The second-order valence-electron chi connectivity index (χ2n) is 8.47. The Morgan fingerprint density at radius 1 is 1.19 bits per heavy atom. The first-order valence-corrected chi connectivity index (χ1v) is 14.6. The molecular formula is C24H31Cl2FN3O5P. The molecule has 3 heterocycles. The number of hydrogen-bond acceptors (Lipinski definition) is 7. The number of alkyl halides is 1. The Balaban J connectivity index is 1.76. The first kappa shape index (κ1) is 27.5. The molecule has 0 bridgehead atoms. The van der Waals surface area contributed by atoms with Gasteiger partial charge in [0.25, 0.3) is 0 Å². The van der Waals surface area contributed by atoms with Crippen molar-refractivity contribution in [2.75, 3.05) is 19.8 Å². The van der Waals surface area contributed by atoms with Crippen LogP contribution >= 0.6 is 31.1 Å². The zero-order valence-electron chi connectivity index (χ0n) is 20.4. The van der Waals surface area contributed by atoms with Crippen molar-refractivity contribution in [3.05, 3.63) is 51.9 Å². The Bertz CT molecular complexity index is 1170. The van der Waals surface area contributed by atoms with Crippen LogP contribution in [0.5, 0.6) is 5.75 Å². The van der Waals surface area contributed by atoms with Gasteiger partial charge < -0.3 is 0 Å². The van der Waals surface area contributed by atoms with Crippen LogP contribution in [-0.4, -0.2) is 39.5 Å². The second kappa shape index (κ2) is 11.9. The fourth-order valence-electron chi connectivity index (χ4n) is 4.39. The molecule has 1 N–H and O–H groups in total. The summed E-state index contributed by atoms with van der Waals surface area (Å²) in [6.07, 6.45) is 4.84. The molecule has 12 heteroatoms. The van der Waals surface area contributed by atoms with Crippen molar-refractivity contribution >= 4 is 42.0 Å². The van der Waals surface area contributed by atoms with E-state index in [-0.39, 0.29) is 25.1 Å². The van der Waals surface area contributed by atoms with Gasteiger partial charge in [-0.15, -0.1) is 0 Å². The van der Waals surface area contributed by atoms with Gasteiger partial charge in [-0.1, -0.05) is 0 Å². The molecule has 198 valence electrons. The topological polar surface area (TPSA) is 87.9 Å². The number of rotatable bonds is 10. The van der Waals surface area contributed by atoms with E-state index in [4.69, 9.17) is 41.7 Å². The fraction of sp³-hybridized carbons (Fsp3) is 0.500. The molecule has 1 aliphatic heterocycles. The molecule has 1 aromatic carbocycles. The molecule has 0 saturated carbocycles. The molecule has 4 rings (SSSR count). The predicted molar refractivity (Wildman–Crippen MR) is 140 cm³/mol. The van der Waals surface area contributed by atoms with E-state index < -0.39 is 20.0 Å². The van der Waals surface area contributed by atoms with Gasteiger partial charge in [0.15, 0.2) is 0 Å². The molecule has 0 radical (unpaired) electrons. The number of benzene rings is 1. The van der Waals surface area contributed by atoms with Crippen LogP contribution in [0.2, 0.25) is 10.0 Å². The van der Waals surface area contributed by atoms with E-state index in [1.807, 2.05) is 6.92 Å². The van der Waals surface area contributed by atoms with Crippen LogP contribution in [0.3, 0.4) is 0 Å². The van der Waals surface area contributed by atoms with Crippen LogP contribution in [0.15, 0.2) is 30.6 Å². The number of halogens is 3. The molecule has 3 unspecified atom stereocenters. The van der Waals surface area contributed by atoms with E-state index in [0.717, 1.165) is 19.3 Å². The van der Waals surface area contributed by atoms with Crippen LogP contribution in [0.1, 0.15) is 69.5 Å². The molecule has 2 aromatic heterocycles. The summed E-state index contributed by atoms with van der Waals surface area (Å²) in [6, 6.07) is 5.26. The third kappa shape index (κ3) is 5.63. The molecule has 1 saturated heterocycles. The van der Waals surface area contributed by atoms with Gasteiger partial charge >= 0.3 is 220 Å². The summed E-state index contributed by atoms with van der Waals surface area (Å²) >= 11 is 12.6. The summed E-state index contributed by atoms with van der Waals surface area (Å²) in [4.78, 5) is 15.0. The van der Waals surface area contributed by atoms with E-state index in [2.05, 4.69) is 10.1 Å². The number of nitrogens with zero attached hydrogens (tertiary/aromatic N) is 3. The number of pyridine rings is 1. The molecule has 36 heavy (non-hydrogen) atoms. The molecule has 0 spiro atoms. The summed E-state index contributed by atoms with van der Waals surface area (Å²) in [6.45, 7) is 5.98. The van der Waals surface area contributed by atoms with Crippen LogP contribution in [0.4, 0.5) is 4.39 Å². The summed E-state index contributed by atoms with van der Waals surface area (Å²) in [7, 11) is -4.23. The average Bonchev–Trinajstić information content (AvgIpc) is 3.23. The quantitative estimate of drug-likeness (QED) is 0.264. The van der Waals surface area contributed by atoms with Crippen molar-refractivity contribution in [3.63, 3.8) is 0 Å². The van der Waals surface area contributed by atoms with Gasteiger partial charge in [0, 0.05) is 0 Å². The van der Waals surface area contributed by atoms with Crippen LogP contribution in [0, 0.1) is 0 Å².